The van der Waals surface area contributed by atoms with Crippen molar-refractivity contribution < 1.29 is 18.8 Å². The minimum absolute atomic E-state index is 0.0591. The van der Waals surface area contributed by atoms with Gasteiger partial charge in [0.15, 0.2) is 6.61 Å². The quantitative estimate of drug-likeness (QED) is 0.556. The average Bonchev–Trinajstić information content (AvgIpc) is 3.15. The Morgan fingerprint density at radius 1 is 1.14 bits per heavy atom. The normalized spacial score (nSPS) is 11.7. The van der Waals surface area contributed by atoms with Crippen molar-refractivity contribution >= 4 is 35.1 Å². The molecule has 2 aromatic carbocycles. The fraction of sp³-hybridized carbons (Fsp3) is 0.200. The summed E-state index contributed by atoms with van der Waals surface area (Å²) >= 11 is 12.0. The van der Waals surface area contributed by atoms with E-state index in [9.17, 15) is 9.59 Å². The number of carbonyl (C=O) groups is 2. The zero-order valence-electron chi connectivity index (χ0n) is 15.4. The van der Waals surface area contributed by atoms with Gasteiger partial charge in [-0.05, 0) is 29.8 Å². The second-order valence-corrected chi connectivity index (χ2v) is 7.01. The zero-order chi connectivity index (χ0) is 20.8. The van der Waals surface area contributed by atoms with Crippen molar-refractivity contribution in [1.29, 1.82) is 0 Å². The Balaban J connectivity index is 1.61. The highest BCUT2D eigenvalue weighted by Crippen LogP contribution is 2.26. The summed E-state index contributed by atoms with van der Waals surface area (Å²) in [7, 11) is 0. The lowest BCUT2D eigenvalue weighted by atomic mass is 10.0. The predicted octanol–water partition coefficient (Wildman–Crippen LogP) is 4.35. The lowest BCUT2D eigenvalue weighted by Gasteiger charge is -2.17. The van der Waals surface area contributed by atoms with E-state index in [0.29, 0.717) is 15.6 Å². The lowest BCUT2D eigenvalue weighted by Crippen LogP contribution is -2.28. The van der Waals surface area contributed by atoms with Crippen molar-refractivity contribution in [1.82, 2.24) is 15.5 Å². The van der Waals surface area contributed by atoms with E-state index in [-0.39, 0.29) is 30.7 Å². The van der Waals surface area contributed by atoms with Crippen LogP contribution in [0.3, 0.4) is 0 Å². The van der Waals surface area contributed by atoms with E-state index in [0.717, 1.165) is 5.56 Å². The number of hydrogen-bond donors (Lipinski definition) is 1. The summed E-state index contributed by atoms with van der Waals surface area (Å²) in [4.78, 5) is 27.9. The molecule has 3 rings (SSSR count). The minimum atomic E-state index is -0.541. The molecule has 1 amide bonds. The van der Waals surface area contributed by atoms with Crippen LogP contribution in [0, 0.1) is 0 Å². The molecule has 0 radical (unpaired) electrons. The first kappa shape index (κ1) is 20.8. The Kier molecular flexibility index (Phi) is 6.85. The average molecular weight is 434 g/mol. The monoisotopic (exact) mass is 433 g/mol. The minimum Gasteiger partial charge on any atom is -0.457 e. The van der Waals surface area contributed by atoms with Gasteiger partial charge in [0, 0.05) is 11.9 Å². The molecule has 0 spiro atoms. The van der Waals surface area contributed by atoms with Gasteiger partial charge in [-0.2, -0.15) is 4.98 Å². The van der Waals surface area contributed by atoms with Crippen LogP contribution in [-0.2, 0) is 20.9 Å². The molecule has 1 atom stereocenters. The van der Waals surface area contributed by atoms with E-state index < -0.39 is 12.0 Å². The third-order valence-electron chi connectivity index (χ3n) is 3.96. The van der Waals surface area contributed by atoms with Crippen LogP contribution in [-0.4, -0.2) is 22.0 Å². The summed E-state index contributed by atoms with van der Waals surface area (Å²) in [5.41, 5.74) is 1.33. The lowest BCUT2D eigenvalue weighted by molar-refractivity contribution is -0.146. The summed E-state index contributed by atoms with van der Waals surface area (Å²) < 4.78 is 10.4. The molecule has 1 aromatic heterocycles. The largest absolute Gasteiger partial charge is 0.457 e. The van der Waals surface area contributed by atoms with Crippen molar-refractivity contribution in [3.8, 4) is 11.5 Å². The number of esters is 1. The molecule has 0 saturated heterocycles. The summed E-state index contributed by atoms with van der Waals surface area (Å²) in [5, 5.41) is 7.56. The second-order valence-electron chi connectivity index (χ2n) is 6.17. The molecule has 3 aromatic rings. The molecule has 1 unspecified atom stereocenters. The zero-order valence-corrected chi connectivity index (χ0v) is 16.9. The maximum Gasteiger partial charge on any atom is 0.308 e. The van der Waals surface area contributed by atoms with Gasteiger partial charge in [-0.3, -0.25) is 9.59 Å². The molecule has 9 heteroatoms. The summed E-state index contributed by atoms with van der Waals surface area (Å²) in [6, 6.07) is 13.4. The van der Waals surface area contributed by atoms with Gasteiger partial charge in [-0.1, -0.05) is 52.6 Å². The van der Waals surface area contributed by atoms with Crippen LogP contribution in [0.1, 0.15) is 30.8 Å². The number of hydrogen-bond acceptors (Lipinski definition) is 6. The SMILES string of the molecule is CC(=O)NC(CC(=O)OCc1noc(-c2ccccc2Cl)n1)c1ccc(Cl)cc1. The molecule has 0 fully saturated rings. The highest BCUT2D eigenvalue weighted by Gasteiger charge is 2.19. The van der Waals surface area contributed by atoms with Crippen LogP contribution >= 0.6 is 23.2 Å². The van der Waals surface area contributed by atoms with E-state index >= 15 is 0 Å². The summed E-state index contributed by atoms with van der Waals surface area (Å²) in [6.07, 6.45) is -0.0591. The van der Waals surface area contributed by atoms with E-state index in [1.807, 2.05) is 0 Å². The first-order chi connectivity index (χ1) is 13.9. The molecule has 0 saturated carbocycles. The highest BCUT2D eigenvalue weighted by atomic mass is 35.5. The van der Waals surface area contributed by atoms with Gasteiger partial charge in [0.1, 0.15) is 0 Å². The molecule has 1 N–H and O–H groups in total. The Morgan fingerprint density at radius 2 is 1.86 bits per heavy atom. The molecular weight excluding hydrogens is 417 g/mol. The molecule has 150 valence electrons. The summed E-state index contributed by atoms with van der Waals surface area (Å²) in [6.45, 7) is 1.21. The molecule has 0 aliphatic carbocycles. The first-order valence-corrected chi connectivity index (χ1v) is 9.43. The third kappa shape index (κ3) is 5.79. The summed E-state index contributed by atoms with van der Waals surface area (Å²) in [5.74, 6) is -0.349. The molecule has 1 heterocycles. The van der Waals surface area contributed by atoms with E-state index in [1.54, 1.807) is 48.5 Å². The van der Waals surface area contributed by atoms with Crippen molar-refractivity contribution in [2.75, 3.05) is 0 Å². The van der Waals surface area contributed by atoms with Gasteiger partial charge in [0.05, 0.1) is 23.0 Å². The molecule has 0 aliphatic heterocycles. The highest BCUT2D eigenvalue weighted by molar-refractivity contribution is 6.33. The van der Waals surface area contributed by atoms with E-state index in [1.165, 1.54) is 6.92 Å². The number of rotatable bonds is 7. The molecule has 29 heavy (non-hydrogen) atoms. The van der Waals surface area contributed by atoms with Crippen LogP contribution in [0.4, 0.5) is 0 Å². The first-order valence-electron chi connectivity index (χ1n) is 8.68. The third-order valence-corrected chi connectivity index (χ3v) is 4.54. The van der Waals surface area contributed by atoms with Crippen molar-refractivity contribution in [2.45, 2.75) is 26.0 Å². The number of carbonyl (C=O) groups excluding carboxylic acids is 2. The fourth-order valence-electron chi connectivity index (χ4n) is 2.62. The Bertz CT molecular complexity index is 1000. The number of amides is 1. The van der Waals surface area contributed by atoms with Crippen LogP contribution in [0.25, 0.3) is 11.5 Å². The number of benzene rings is 2. The number of halogens is 2. The van der Waals surface area contributed by atoms with Gasteiger partial charge < -0.3 is 14.6 Å². The predicted molar refractivity (Wildman–Crippen MR) is 107 cm³/mol. The number of ether oxygens (including phenoxy) is 1. The second kappa shape index (κ2) is 9.54. The topological polar surface area (TPSA) is 94.3 Å². The molecular formula is C20H17Cl2N3O4. The number of aromatic nitrogens is 2. The Hall–Kier alpha value is -2.90. The number of nitrogens with one attached hydrogen (secondary N) is 1. The molecule has 0 aliphatic rings. The maximum absolute atomic E-state index is 12.3. The van der Waals surface area contributed by atoms with Crippen molar-refractivity contribution in [2.24, 2.45) is 0 Å². The van der Waals surface area contributed by atoms with Crippen molar-refractivity contribution in [3.05, 3.63) is 70.0 Å². The van der Waals surface area contributed by atoms with Gasteiger partial charge in [-0.25, -0.2) is 0 Å². The van der Waals surface area contributed by atoms with Crippen LogP contribution in [0.2, 0.25) is 10.0 Å². The molecule has 7 nitrogen and oxygen atoms in total. The van der Waals surface area contributed by atoms with Crippen LogP contribution in [0.15, 0.2) is 53.1 Å². The van der Waals surface area contributed by atoms with Crippen LogP contribution < -0.4 is 5.32 Å². The van der Waals surface area contributed by atoms with E-state index in [4.69, 9.17) is 32.5 Å². The van der Waals surface area contributed by atoms with Crippen molar-refractivity contribution in [3.63, 3.8) is 0 Å². The Morgan fingerprint density at radius 3 is 2.55 bits per heavy atom. The Labute approximate surface area is 177 Å². The van der Waals surface area contributed by atoms with E-state index in [2.05, 4.69) is 15.5 Å². The number of nitrogens with zero attached hydrogens (tertiary/aromatic N) is 2. The van der Waals surface area contributed by atoms with Gasteiger partial charge in [0.25, 0.3) is 5.89 Å². The van der Waals surface area contributed by atoms with Gasteiger partial charge >= 0.3 is 5.97 Å². The van der Waals surface area contributed by atoms with Gasteiger partial charge in [-0.15, -0.1) is 0 Å². The van der Waals surface area contributed by atoms with Gasteiger partial charge in [0.2, 0.25) is 11.7 Å². The smallest absolute Gasteiger partial charge is 0.308 e. The standard InChI is InChI=1S/C20H17Cl2N3O4/c1-12(26)23-17(13-6-8-14(21)9-7-13)10-19(27)28-11-18-24-20(29-25-18)15-4-2-3-5-16(15)22/h2-9,17H,10-11H2,1H3,(H,23,26). The van der Waals surface area contributed by atoms with Crippen LogP contribution in [0.5, 0.6) is 0 Å². The maximum atomic E-state index is 12.3. The fourth-order valence-corrected chi connectivity index (χ4v) is 2.96. The molecule has 0 bridgehead atoms.